The summed E-state index contributed by atoms with van der Waals surface area (Å²) in [6, 6.07) is 0.322. The van der Waals surface area contributed by atoms with Crippen LogP contribution < -0.4 is 5.32 Å². The van der Waals surface area contributed by atoms with Crippen LogP contribution in [0.1, 0.15) is 36.9 Å². The lowest BCUT2D eigenvalue weighted by Crippen LogP contribution is -2.45. The molecule has 3 heterocycles. The predicted molar refractivity (Wildman–Crippen MR) is 81.3 cm³/mol. The van der Waals surface area contributed by atoms with E-state index in [2.05, 4.69) is 15.5 Å². The van der Waals surface area contributed by atoms with Crippen molar-refractivity contribution in [3.63, 3.8) is 0 Å². The Balaban J connectivity index is 1.56. The Bertz CT molecular complexity index is 487. The molecule has 2 fully saturated rings. The standard InChI is InChI=1S/C14H22N4O2S/c1-10-16-14(20-17-10)11-3-2-5-18(8-11)13(19)7-12-9-21-6-4-15-12/h11-12,15H,2-9H2,1H3. The van der Waals surface area contributed by atoms with Crippen LogP contribution in [0.2, 0.25) is 0 Å². The van der Waals surface area contributed by atoms with Crippen molar-refractivity contribution in [3.05, 3.63) is 11.7 Å². The van der Waals surface area contributed by atoms with Crippen molar-refractivity contribution < 1.29 is 9.32 Å². The first-order valence-electron chi connectivity index (χ1n) is 7.61. The maximum Gasteiger partial charge on any atom is 0.231 e. The summed E-state index contributed by atoms with van der Waals surface area (Å²) in [5, 5.41) is 7.28. The minimum Gasteiger partial charge on any atom is -0.342 e. The molecule has 1 N–H and O–H groups in total. The molecule has 0 saturated carbocycles. The molecule has 0 spiro atoms. The zero-order valence-corrected chi connectivity index (χ0v) is 13.2. The summed E-state index contributed by atoms with van der Waals surface area (Å²) < 4.78 is 5.27. The van der Waals surface area contributed by atoms with Crippen molar-refractivity contribution in [2.45, 2.75) is 38.1 Å². The first-order valence-corrected chi connectivity index (χ1v) is 8.77. The van der Waals surface area contributed by atoms with Crippen molar-refractivity contribution >= 4 is 17.7 Å². The van der Waals surface area contributed by atoms with Crippen LogP contribution in [0.25, 0.3) is 0 Å². The maximum atomic E-state index is 12.5. The van der Waals surface area contributed by atoms with Gasteiger partial charge in [0.25, 0.3) is 0 Å². The molecule has 0 bridgehead atoms. The van der Waals surface area contributed by atoms with Crippen LogP contribution in [0.5, 0.6) is 0 Å². The Kier molecular flexibility index (Phi) is 4.80. The van der Waals surface area contributed by atoms with Gasteiger partial charge < -0.3 is 14.7 Å². The summed E-state index contributed by atoms with van der Waals surface area (Å²) in [4.78, 5) is 18.7. The molecule has 7 heteroatoms. The molecular weight excluding hydrogens is 288 g/mol. The molecule has 0 aromatic carbocycles. The van der Waals surface area contributed by atoms with Gasteiger partial charge in [0.15, 0.2) is 5.82 Å². The number of hydrogen-bond donors (Lipinski definition) is 1. The third-order valence-corrected chi connectivity index (χ3v) is 5.22. The highest BCUT2D eigenvalue weighted by atomic mass is 32.2. The average Bonchev–Trinajstić information content (AvgIpc) is 2.95. The second kappa shape index (κ2) is 6.79. The predicted octanol–water partition coefficient (Wildman–Crippen LogP) is 1.18. The van der Waals surface area contributed by atoms with E-state index in [-0.39, 0.29) is 11.8 Å². The molecule has 2 unspecified atom stereocenters. The Labute approximate surface area is 129 Å². The lowest BCUT2D eigenvalue weighted by Gasteiger charge is -2.33. The van der Waals surface area contributed by atoms with Gasteiger partial charge in [0.1, 0.15) is 0 Å². The summed E-state index contributed by atoms with van der Waals surface area (Å²) in [6.45, 7) is 4.39. The number of carbonyl (C=O) groups excluding carboxylic acids is 1. The summed E-state index contributed by atoms with van der Waals surface area (Å²) in [7, 11) is 0. The minimum absolute atomic E-state index is 0.192. The van der Waals surface area contributed by atoms with Crippen LogP contribution in [0, 0.1) is 6.92 Å². The van der Waals surface area contributed by atoms with E-state index in [1.165, 1.54) is 0 Å². The number of aryl methyl sites for hydroxylation is 1. The molecule has 0 radical (unpaired) electrons. The largest absolute Gasteiger partial charge is 0.342 e. The van der Waals surface area contributed by atoms with Gasteiger partial charge in [-0.2, -0.15) is 16.7 Å². The number of nitrogens with zero attached hydrogens (tertiary/aromatic N) is 3. The van der Waals surface area contributed by atoms with Crippen LogP contribution in [-0.4, -0.2) is 58.1 Å². The quantitative estimate of drug-likeness (QED) is 0.904. The third-order valence-electron chi connectivity index (χ3n) is 4.09. The van der Waals surface area contributed by atoms with Gasteiger partial charge in [-0.3, -0.25) is 4.79 Å². The SMILES string of the molecule is Cc1noc(C2CCCN(C(=O)CC3CSCCN3)C2)n1. The van der Waals surface area contributed by atoms with Crippen molar-refractivity contribution in [2.24, 2.45) is 0 Å². The molecule has 2 aliphatic heterocycles. The second-order valence-corrected chi connectivity index (χ2v) is 6.94. The van der Waals surface area contributed by atoms with E-state index in [4.69, 9.17) is 4.52 Å². The van der Waals surface area contributed by atoms with Gasteiger partial charge in [-0.05, 0) is 19.8 Å². The number of thioether (sulfide) groups is 1. The van der Waals surface area contributed by atoms with E-state index in [9.17, 15) is 4.79 Å². The van der Waals surface area contributed by atoms with Crippen LogP contribution in [0.3, 0.4) is 0 Å². The normalized spacial score (nSPS) is 26.8. The molecule has 6 nitrogen and oxygen atoms in total. The van der Waals surface area contributed by atoms with E-state index >= 15 is 0 Å². The summed E-state index contributed by atoms with van der Waals surface area (Å²) in [6.07, 6.45) is 2.62. The fourth-order valence-corrected chi connectivity index (χ4v) is 3.92. The molecule has 0 aliphatic carbocycles. The van der Waals surface area contributed by atoms with Gasteiger partial charge in [-0.15, -0.1) is 0 Å². The van der Waals surface area contributed by atoms with E-state index < -0.39 is 0 Å². The topological polar surface area (TPSA) is 71.3 Å². The molecule has 1 amide bonds. The van der Waals surface area contributed by atoms with Gasteiger partial charge in [-0.25, -0.2) is 0 Å². The average molecular weight is 310 g/mol. The maximum absolute atomic E-state index is 12.5. The Morgan fingerprint density at radius 1 is 1.57 bits per heavy atom. The lowest BCUT2D eigenvalue weighted by atomic mass is 9.97. The van der Waals surface area contributed by atoms with E-state index in [1.807, 2.05) is 23.6 Å². The molecule has 1 aromatic heterocycles. The number of hydrogen-bond acceptors (Lipinski definition) is 6. The monoisotopic (exact) mass is 310 g/mol. The first-order chi connectivity index (χ1) is 10.2. The molecule has 3 rings (SSSR count). The van der Waals surface area contributed by atoms with E-state index in [0.717, 1.165) is 37.4 Å². The summed E-state index contributed by atoms with van der Waals surface area (Å²) in [5.41, 5.74) is 0. The van der Waals surface area contributed by atoms with Gasteiger partial charge in [0.2, 0.25) is 11.8 Å². The molecule has 21 heavy (non-hydrogen) atoms. The fourth-order valence-electron chi connectivity index (χ4n) is 2.97. The highest BCUT2D eigenvalue weighted by molar-refractivity contribution is 7.99. The van der Waals surface area contributed by atoms with Crippen LogP contribution in [0.4, 0.5) is 0 Å². The molecule has 2 aliphatic rings. The lowest BCUT2D eigenvalue weighted by molar-refractivity contribution is -0.132. The van der Waals surface area contributed by atoms with E-state index in [0.29, 0.717) is 30.7 Å². The summed E-state index contributed by atoms with van der Waals surface area (Å²) >= 11 is 1.93. The van der Waals surface area contributed by atoms with Crippen LogP contribution >= 0.6 is 11.8 Å². The molecule has 2 atom stereocenters. The third kappa shape index (κ3) is 3.77. The molecule has 2 saturated heterocycles. The first kappa shape index (κ1) is 14.8. The molecule has 116 valence electrons. The fraction of sp³-hybridized carbons (Fsp3) is 0.786. The Morgan fingerprint density at radius 3 is 3.19 bits per heavy atom. The van der Waals surface area contributed by atoms with Crippen LogP contribution in [-0.2, 0) is 4.79 Å². The Morgan fingerprint density at radius 2 is 2.48 bits per heavy atom. The molecule has 1 aromatic rings. The van der Waals surface area contributed by atoms with E-state index in [1.54, 1.807) is 0 Å². The minimum atomic E-state index is 0.192. The van der Waals surface area contributed by atoms with Crippen molar-refractivity contribution in [1.82, 2.24) is 20.4 Å². The number of rotatable bonds is 3. The number of carbonyl (C=O) groups is 1. The van der Waals surface area contributed by atoms with Crippen molar-refractivity contribution in [2.75, 3.05) is 31.1 Å². The van der Waals surface area contributed by atoms with Gasteiger partial charge >= 0.3 is 0 Å². The zero-order chi connectivity index (χ0) is 14.7. The Hall–Kier alpha value is -1.08. The zero-order valence-electron chi connectivity index (χ0n) is 12.4. The van der Waals surface area contributed by atoms with Crippen molar-refractivity contribution in [3.8, 4) is 0 Å². The van der Waals surface area contributed by atoms with Crippen molar-refractivity contribution in [1.29, 1.82) is 0 Å². The number of aromatic nitrogens is 2. The summed E-state index contributed by atoms with van der Waals surface area (Å²) in [5.74, 6) is 3.96. The smallest absolute Gasteiger partial charge is 0.231 e. The van der Waals surface area contributed by atoms with Gasteiger partial charge in [-0.1, -0.05) is 5.16 Å². The second-order valence-electron chi connectivity index (χ2n) is 5.79. The number of amides is 1. The van der Waals surface area contributed by atoms with Crippen LogP contribution in [0.15, 0.2) is 4.52 Å². The van der Waals surface area contributed by atoms with Gasteiger partial charge in [0.05, 0.1) is 5.92 Å². The number of piperidine rings is 1. The highest BCUT2D eigenvalue weighted by Crippen LogP contribution is 2.26. The van der Waals surface area contributed by atoms with Gasteiger partial charge in [0, 0.05) is 43.6 Å². The highest BCUT2D eigenvalue weighted by Gasteiger charge is 2.29. The molecular formula is C14H22N4O2S. The number of nitrogens with one attached hydrogen (secondary N) is 1. The number of likely N-dealkylation sites (tertiary alicyclic amines) is 1.